The van der Waals surface area contributed by atoms with Gasteiger partial charge in [0.05, 0.1) is 31.5 Å². The van der Waals surface area contributed by atoms with Crippen molar-refractivity contribution in [2.24, 2.45) is 11.8 Å². The standard InChI is InChI=1S/C19H25N3O3S/c1-11-3-4-13-14(9-11)26-18-16(13)17(23)20-15(21-18)10-22-7-5-12(6-8-22)19(24)25-2/h11-12H,3-10H2,1-2H3,(H,20,21,23)/p+1/t11-/m0/s1. The van der Waals surface area contributed by atoms with E-state index in [0.717, 1.165) is 61.2 Å². The lowest BCUT2D eigenvalue weighted by molar-refractivity contribution is -0.920. The Morgan fingerprint density at radius 1 is 1.35 bits per heavy atom. The molecule has 2 aromatic heterocycles. The van der Waals surface area contributed by atoms with E-state index in [9.17, 15) is 9.59 Å². The van der Waals surface area contributed by atoms with E-state index in [-0.39, 0.29) is 17.4 Å². The highest BCUT2D eigenvalue weighted by Gasteiger charge is 2.29. The van der Waals surface area contributed by atoms with Crippen molar-refractivity contribution in [2.45, 2.75) is 45.6 Å². The van der Waals surface area contributed by atoms with Crippen molar-refractivity contribution in [1.82, 2.24) is 9.97 Å². The molecule has 0 amide bonds. The lowest BCUT2D eigenvalue weighted by Gasteiger charge is -2.27. The molecule has 1 atom stereocenters. The van der Waals surface area contributed by atoms with Crippen molar-refractivity contribution in [1.29, 1.82) is 0 Å². The van der Waals surface area contributed by atoms with Crippen LogP contribution in [0, 0.1) is 11.8 Å². The number of rotatable bonds is 3. The zero-order chi connectivity index (χ0) is 18.3. The molecule has 2 aromatic rings. The van der Waals surface area contributed by atoms with Gasteiger partial charge in [-0.25, -0.2) is 4.98 Å². The third-order valence-corrected chi connectivity index (χ3v) is 7.01. The topological polar surface area (TPSA) is 76.5 Å². The number of ether oxygens (including phenoxy) is 1. The van der Waals surface area contributed by atoms with Crippen LogP contribution in [0.1, 0.15) is 42.5 Å². The second kappa shape index (κ2) is 7.12. The maximum absolute atomic E-state index is 12.7. The van der Waals surface area contributed by atoms with Gasteiger partial charge in [-0.15, -0.1) is 11.3 Å². The predicted molar refractivity (Wildman–Crippen MR) is 101 cm³/mol. The fraction of sp³-hybridized carbons (Fsp3) is 0.632. The van der Waals surface area contributed by atoms with Gasteiger partial charge < -0.3 is 14.6 Å². The number of hydrogen-bond acceptors (Lipinski definition) is 5. The third kappa shape index (κ3) is 3.30. The lowest BCUT2D eigenvalue weighted by atomic mass is 9.89. The minimum Gasteiger partial charge on any atom is -0.469 e. The molecular weight excluding hydrogens is 350 g/mol. The summed E-state index contributed by atoms with van der Waals surface area (Å²) in [6.45, 7) is 4.79. The second-order valence-corrected chi connectivity index (χ2v) is 8.85. The number of fused-ring (bicyclic) bond motifs is 3. The number of aryl methyl sites for hydroxylation is 1. The Morgan fingerprint density at radius 2 is 2.12 bits per heavy atom. The first kappa shape index (κ1) is 17.7. The van der Waals surface area contributed by atoms with Gasteiger partial charge in [-0.2, -0.15) is 0 Å². The number of methoxy groups -OCH3 is 1. The molecule has 0 saturated carbocycles. The number of carbonyl (C=O) groups is 1. The van der Waals surface area contributed by atoms with Crippen LogP contribution in [0.25, 0.3) is 10.2 Å². The molecule has 2 N–H and O–H groups in total. The predicted octanol–water partition coefficient (Wildman–Crippen LogP) is 1.08. The molecule has 0 spiro atoms. The van der Waals surface area contributed by atoms with Crippen LogP contribution in [0.4, 0.5) is 0 Å². The molecule has 3 heterocycles. The van der Waals surface area contributed by atoms with Gasteiger partial charge in [-0.1, -0.05) is 6.92 Å². The van der Waals surface area contributed by atoms with Gasteiger partial charge in [0.15, 0.2) is 5.82 Å². The minimum absolute atomic E-state index is 0.0147. The number of nitrogens with zero attached hydrogens (tertiary/aromatic N) is 1. The Morgan fingerprint density at radius 3 is 2.85 bits per heavy atom. The average Bonchev–Trinajstić information content (AvgIpc) is 2.99. The number of carbonyl (C=O) groups excluding carboxylic acids is 1. The van der Waals surface area contributed by atoms with Gasteiger partial charge in [0.25, 0.3) is 5.56 Å². The van der Waals surface area contributed by atoms with Crippen LogP contribution in [0.5, 0.6) is 0 Å². The Balaban J connectivity index is 1.52. The van der Waals surface area contributed by atoms with Crippen LogP contribution >= 0.6 is 11.3 Å². The maximum atomic E-state index is 12.7. The molecule has 0 unspecified atom stereocenters. The van der Waals surface area contributed by atoms with Gasteiger partial charge in [0, 0.05) is 17.7 Å². The van der Waals surface area contributed by atoms with Gasteiger partial charge in [0.2, 0.25) is 0 Å². The number of esters is 1. The van der Waals surface area contributed by atoms with Crippen molar-refractivity contribution in [2.75, 3.05) is 20.2 Å². The van der Waals surface area contributed by atoms with Crippen molar-refractivity contribution >= 4 is 27.5 Å². The summed E-state index contributed by atoms with van der Waals surface area (Å²) in [7, 11) is 1.45. The zero-order valence-corrected chi connectivity index (χ0v) is 16.2. The normalized spacial score (nSPS) is 25.8. The fourth-order valence-corrected chi connectivity index (χ4v) is 5.72. The summed E-state index contributed by atoms with van der Waals surface area (Å²) in [5.41, 5.74) is 1.25. The van der Waals surface area contributed by atoms with Crippen molar-refractivity contribution in [3.63, 3.8) is 0 Å². The highest BCUT2D eigenvalue weighted by Crippen LogP contribution is 2.35. The monoisotopic (exact) mass is 376 g/mol. The first-order chi connectivity index (χ1) is 12.5. The highest BCUT2D eigenvalue weighted by molar-refractivity contribution is 7.18. The summed E-state index contributed by atoms with van der Waals surface area (Å²) in [5, 5.41) is 0.819. The molecule has 1 aliphatic carbocycles. The van der Waals surface area contributed by atoms with Crippen LogP contribution in [0.2, 0.25) is 0 Å². The van der Waals surface area contributed by atoms with E-state index in [1.54, 1.807) is 11.3 Å². The van der Waals surface area contributed by atoms with Crippen molar-refractivity contribution in [3.05, 3.63) is 26.6 Å². The molecule has 4 rings (SSSR count). The number of likely N-dealkylation sites (tertiary alicyclic amines) is 1. The van der Waals surface area contributed by atoms with E-state index in [1.165, 1.54) is 22.5 Å². The number of aromatic amines is 1. The van der Waals surface area contributed by atoms with Gasteiger partial charge in [-0.3, -0.25) is 9.59 Å². The van der Waals surface area contributed by atoms with E-state index in [0.29, 0.717) is 12.5 Å². The Labute approximate surface area is 156 Å². The number of aromatic nitrogens is 2. The maximum Gasteiger partial charge on any atom is 0.309 e. The van der Waals surface area contributed by atoms with Gasteiger partial charge >= 0.3 is 5.97 Å². The molecule has 6 nitrogen and oxygen atoms in total. The number of hydrogen-bond donors (Lipinski definition) is 2. The highest BCUT2D eigenvalue weighted by atomic mass is 32.1. The SMILES string of the molecule is COC(=O)C1CC[NH+](Cc2nc3sc4c(c3c(=O)[nH]2)CC[C@H](C)C4)CC1. The molecule has 7 heteroatoms. The van der Waals surface area contributed by atoms with Crippen LogP contribution in [0.15, 0.2) is 4.79 Å². The molecule has 1 saturated heterocycles. The molecule has 1 fully saturated rings. The number of nitrogens with one attached hydrogen (secondary N) is 2. The number of piperidine rings is 1. The summed E-state index contributed by atoms with van der Waals surface area (Å²) in [6, 6.07) is 0. The summed E-state index contributed by atoms with van der Waals surface area (Å²) >= 11 is 1.70. The van der Waals surface area contributed by atoms with E-state index in [4.69, 9.17) is 9.72 Å². The van der Waals surface area contributed by atoms with E-state index < -0.39 is 0 Å². The van der Waals surface area contributed by atoms with Crippen LogP contribution in [0.3, 0.4) is 0 Å². The molecule has 140 valence electrons. The molecule has 0 radical (unpaired) electrons. The number of thiophene rings is 1. The van der Waals surface area contributed by atoms with E-state index >= 15 is 0 Å². The number of quaternary nitrogens is 1. The van der Waals surface area contributed by atoms with Crippen LogP contribution < -0.4 is 10.5 Å². The summed E-state index contributed by atoms with van der Waals surface area (Å²) in [4.78, 5) is 35.7. The first-order valence-corrected chi connectivity index (χ1v) is 10.3. The zero-order valence-electron chi connectivity index (χ0n) is 15.4. The third-order valence-electron chi connectivity index (χ3n) is 5.86. The molecular formula is C19H26N3O3S+. The summed E-state index contributed by atoms with van der Waals surface area (Å²) in [6.07, 6.45) is 4.88. The Hall–Kier alpha value is -1.73. The Bertz CT molecular complexity index is 880. The molecule has 1 aliphatic heterocycles. The van der Waals surface area contributed by atoms with Crippen molar-refractivity contribution < 1.29 is 14.4 Å². The Kier molecular flexibility index (Phi) is 4.84. The van der Waals surface area contributed by atoms with Crippen LogP contribution in [-0.4, -0.2) is 36.1 Å². The quantitative estimate of drug-likeness (QED) is 0.786. The first-order valence-electron chi connectivity index (χ1n) is 9.50. The van der Waals surface area contributed by atoms with E-state index in [2.05, 4.69) is 11.9 Å². The fourth-order valence-electron chi connectivity index (χ4n) is 4.32. The summed E-state index contributed by atoms with van der Waals surface area (Å²) in [5.74, 6) is 1.37. The van der Waals surface area contributed by atoms with Crippen LogP contribution in [-0.2, 0) is 28.9 Å². The molecule has 0 aromatic carbocycles. The van der Waals surface area contributed by atoms with Gasteiger partial charge in [0.1, 0.15) is 11.4 Å². The number of H-pyrrole nitrogens is 1. The smallest absolute Gasteiger partial charge is 0.309 e. The van der Waals surface area contributed by atoms with Crippen molar-refractivity contribution in [3.8, 4) is 0 Å². The molecule has 0 bridgehead atoms. The largest absolute Gasteiger partial charge is 0.469 e. The molecule has 26 heavy (non-hydrogen) atoms. The minimum atomic E-state index is -0.101. The summed E-state index contributed by atoms with van der Waals surface area (Å²) < 4.78 is 4.85. The average molecular weight is 377 g/mol. The van der Waals surface area contributed by atoms with E-state index in [1.807, 2.05) is 0 Å². The second-order valence-electron chi connectivity index (χ2n) is 7.77. The van der Waals surface area contributed by atoms with Gasteiger partial charge in [-0.05, 0) is 30.7 Å². The lowest BCUT2D eigenvalue weighted by Crippen LogP contribution is -3.12. The molecule has 2 aliphatic rings.